The summed E-state index contributed by atoms with van der Waals surface area (Å²) in [6.45, 7) is 3.74. The van der Waals surface area contributed by atoms with Gasteiger partial charge in [0, 0.05) is 19.6 Å². The first-order chi connectivity index (χ1) is 10.0. The predicted octanol–water partition coefficient (Wildman–Crippen LogP) is 2.08. The average Bonchev–Trinajstić information content (AvgIpc) is 3.04. The molecule has 3 heterocycles. The second-order valence-corrected chi connectivity index (χ2v) is 6.35. The molecule has 0 radical (unpaired) electrons. The van der Waals surface area contributed by atoms with Crippen LogP contribution in [0.1, 0.15) is 12.6 Å². The first-order valence-electron chi connectivity index (χ1n) is 6.60. The van der Waals surface area contributed by atoms with E-state index in [4.69, 9.17) is 14.3 Å². The third-order valence-corrected chi connectivity index (χ3v) is 4.19. The molecule has 0 aromatic carbocycles. The van der Waals surface area contributed by atoms with Gasteiger partial charge in [-0.05, 0) is 18.4 Å². The highest BCUT2D eigenvalue weighted by atomic mass is 32.1. The van der Waals surface area contributed by atoms with Gasteiger partial charge in [0.1, 0.15) is 12.9 Å². The van der Waals surface area contributed by atoms with Gasteiger partial charge in [-0.1, -0.05) is 6.07 Å². The summed E-state index contributed by atoms with van der Waals surface area (Å²) in [7, 11) is 0. The van der Waals surface area contributed by atoms with E-state index in [1.807, 2.05) is 24.4 Å². The fourth-order valence-corrected chi connectivity index (χ4v) is 3.12. The van der Waals surface area contributed by atoms with Gasteiger partial charge in [-0.2, -0.15) is 0 Å². The van der Waals surface area contributed by atoms with Gasteiger partial charge in [0.05, 0.1) is 16.2 Å². The number of aromatic nitrogens is 1. The molecule has 1 N–H and O–H groups in total. The number of carboxylic acids is 1. The predicted molar refractivity (Wildman–Crippen MR) is 77.1 cm³/mol. The highest BCUT2D eigenvalue weighted by Crippen LogP contribution is 2.28. The Kier molecular flexibility index (Phi) is 3.79. The van der Waals surface area contributed by atoms with Crippen LogP contribution in [0.2, 0.25) is 0 Å². The molecule has 0 unspecified atom stereocenters. The lowest BCUT2D eigenvalue weighted by molar-refractivity contribution is -0.165. The Labute approximate surface area is 126 Å². The number of thiophene rings is 1. The molecule has 0 atom stereocenters. The highest BCUT2D eigenvalue weighted by molar-refractivity contribution is 7.13. The second kappa shape index (κ2) is 5.59. The molecule has 0 spiro atoms. The molecular formula is C14H16N2O4S. The van der Waals surface area contributed by atoms with E-state index >= 15 is 0 Å². The molecule has 3 rings (SSSR count). The van der Waals surface area contributed by atoms with Gasteiger partial charge >= 0.3 is 5.97 Å². The molecule has 112 valence electrons. The van der Waals surface area contributed by atoms with Crippen molar-refractivity contribution in [3.8, 4) is 10.8 Å². The first kappa shape index (κ1) is 14.2. The zero-order valence-electron chi connectivity index (χ0n) is 11.6. The third-order valence-electron chi connectivity index (χ3n) is 3.33. The minimum Gasteiger partial charge on any atom is -0.480 e. The Hall–Kier alpha value is -1.70. The van der Waals surface area contributed by atoms with Crippen LogP contribution < -0.4 is 0 Å². The van der Waals surface area contributed by atoms with E-state index in [-0.39, 0.29) is 12.2 Å². The Bertz CT molecular complexity index is 617. The molecular weight excluding hydrogens is 292 g/mol. The Morgan fingerprint density at radius 2 is 2.43 bits per heavy atom. The van der Waals surface area contributed by atoms with Crippen molar-refractivity contribution in [2.75, 3.05) is 19.7 Å². The van der Waals surface area contributed by atoms with Crippen molar-refractivity contribution in [1.29, 1.82) is 0 Å². The average molecular weight is 308 g/mol. The minimum absolute atomic E-state index is 0.253. The topological polar surface area (TPSA) is 75.8 Å². The van der Waals surface area contributed by atoms with E-state index in [1.54, 1.807) is 17.6 Å². The Morgan fingerprint density at radius 1 is 1.62 bits per heavy atom. The van der Waals surface area contributed by atoms with Crippen LogP contribution in [-0.4, -0.2) is 46.3 Å². The Morgan fingerprint density at radius 3 is 3.10 bits per heavy atom. The van der Waals surface area contributed by atoms with Crippen molar-refractivity contribution in [3.63, 3.8) is 0 Å². The smallest absolute Gasteiger partial charge is 0.329 e. The summed E-state index contributed by atoms with van der Waals surface area (Å²) in [6, 6.07) is 3.94. The van der Waals surface area contributed by atoms with E-state index < -0.39 is 5.97 Å². The van der Waals surface area contributed by atoms with Crippen LogP contribution in [-0.2, 0) is 16.1 Å². The molecule has 6 nitrogen and oxygen atoms in total. The summed E-state index contributed by atoms with van der Waals surface area (Å²) in [5, 5.41) is 10.6. The lowest BCUT2D eigenvalue weighted by Crippen LogP contribution is -2.61. The maximum Gasteiger partial charge on any atom is 0.329 e. The van der Waals surface area contributed by atoms with E-state index in [0.29, 0.717) is 25.5 Å². The largest absolute Gasteiger partial charge is 0.480 e. The van der Waals surface area contributed by atoms with Gasteiger partial charge < -0.3 is 14.3 Å². The van der Waals surface area contributed by atoms with E-state index in [2.05, 4.69) is 9.88 Å². The van der Waals surface area contributed by atoms with E-state index in [1.165, 1.54) is 0 Å². The van der Waals surface area contributed by atoms with Crippen LogP contribution in [0.25, 0.3) is 10.8 Å². The molecule has 2 aromatic rings. The second-order valence-electron chi connectivity index (χ2n) is 5.40. The number of hydrogen-bond donors (Lipinski definition) is 1. The molecule has 1 aliphatic heterocycles. The van der Waals surface area contributed by atoms with E-state index in [9.17, 15) is 4.79 Å². The number of carboxylic acid groups (broad SMARTS) is 1. The first-order valence-corrected chi connectivity index (χ1v) is 7.48. The molecule has 1 saturated heterocycles. The minimum atomic E-state index is -0.938. The van der Waals surface area contributed by atoms with Crippen LogP contribution in [0.3, 0.4) is 0 Å². The fourth-order valence-electron chi connectivity index (χ4n) is 2.46. The van der Waals surface area contributed by atoms with Crippen LogP contribution in [0.5, 0.6) is 0 Å². The molecule has 0 aliphatic carbocycles. The van der Waals surface area contributed by atoms with Crippen molar-refractivity contribution < 1.29 is 19.1 Å². The maximum absolute atomic E-state index is 10.5. The Balaban J connectivity index is 1.52. The van der Waals surface area contributed by atoms with Crippen molar-refractivity contribution in [2.45, 2.75) is 19.1 Å². The van der Waals surface area contributed by atoms with Gasteiger partial charge in [0.15, 0.2) is 0 Å². The number of likely N-dealkylation sites (tertiary alicyclic amines) is 1. The highest BCUT2D eigenvalue weighted by Gasteiger charge is 2.40. The number of carbonyl (C=O) groups is 1. The number of rotatable bonds is 6. The maximum atomic E-state index is 10.5. The van der Waals surface area contributed by atoms with Crippen LogP contribution >= 0.6 is 11.3 Å². The summed E-state index contributed by atoms with van der Waals surface area (Å²) in [4.78, 5) is 18.1. The molecule has 2 aromatic heterocycles. The number of oxazole rings is 1. The summed E-state index contributed by atoms with van der Waals surface area (Å²) >= 11 is 1.59. The quantitative estimate of drug-likeness (QED) is 0.880. The van der Waals surface area contributed by atoms with Gasteiger partial charge in [0.2, 0.25) is 5.89 Å². The summed E-state index contributed by atoms with van der Waals surface area (Å²) in [5.74, 6) is -0.294. The number of hydrogen-bond acceptors (Lipinski definition) is 6. The molecule has 0 saturated carbocycles. The third kappa shape index (κ3) is 3.31. The zero-order chi connectivity index (χ0) is 14.9. The molecule has 1 aliphatic rings. The van der Waals surface area contributed by atoms with Crippen LogP contribution in [0, 0.1) is 0 Å². The van der Waals surface area contributed by atoms with Gasteiger partial charge in [-0.3, -0.25) is 4.90 Å². The van der Waals surface area contributed by atoms with Gasteiger partial charge in [-0.25, -0.2) is 9.78 Å². The lowest BCUT2D eigenvalue weighted by atomic mass is 9.96. The fraction of sp³-hybridized carbons (Fsp3) is 0.429. The standard InChI is InChI=1S/C14H16N2O4S/c1-14(20-7-12(17)18)8-16(9-14)5-10-6-19-13(15-10)11-3-2-4-21-11/h2-4,6H,5,7-9H2,1H3,(H,17,18). The monoisotopic (exact) mass is 308 g/mol. The molecule has 21 heavy (non-hydrogen) atoms. The van der Waals surface area contributed by atoms with Crippen LogP contribution in [0.15, 0.2) is 28.2 Å². The van der Waals surface area contributed by atoms with Gasteiger partial charge in [-0.15, -0.1) is 11.3 Å². The lowest BCUT2D eigenvalue weighted by Gasteiger charge is -2.47. The number of aliphatic carboxylic acids is 1. The normalized spacial score (nSPS) is 17.6. The SMILES string of the molecule is CC1(OCC(=O)O)CN(Cc2coc(-c3cccs3)n2)C1. The molecule has 0 bridgehead atoms. The van der Waals surface area contributed by atoms with Crippen molar-refractivity contribution >= 4 is 17.3 Å². The molecule has 1 fully saturated rings. The van der Waals surface area contributed by atoms with Crippen LogP contribution in [0.4, 0.5) is 0 Å². The molecule has 7 heteroatoms. The van der Waals surface area contributed by atoms with Crippen molar-refractivity contribution in [1.82, 2.24) is 9.88 Å². The summed E-state index contributed by atoms with van der Waals surface area (Å²) < 4.78 is 10.8. The number of ether oxygens (including phenoxy) is 1. The van der Waals surface area contributed by atoms with Crippen molar-refractivity contribution in [3.05, 3.63) is 29.5 Å². The molecule has 0 amide bonds. The van der Waals surface area contributed by atoms with E-state index in [0.717, 1.165) is 10.6 Å². The van der Waals surface area contributed by atoms with Gasteiger partial charge in [0.25, 0.3) is 0 Å². The zero-order valence-corrected chi connectivity index (χ0v) is 12.4. The van der Waals surface area contributed by atoms with Crippen molar-refractivity contribution in [2.24, 2.45) is 0 Å². The summed E-state index contributed by atoms with van der Waals surface area (Å²) in [6.07, 6.45) is 1.67. The summed E-state index contributed by atoms with van der Waals surface area (Å²) in [5.41, 5.74) is 0.498. The number of nitrogens with zero attached hydrogens (tertiary/aromatic N) is 2.